The number of hydrogen-bond acceptors (Lipinski definition) is 4. The van der Waals surface area contributed by atoms with Gasteiger partial charge in [-0.05, 0) is 75.2 Å². The summed E-state index contributed by atoms with van der Waals surface area (Å²) < 4.78 is 6.95. The lowest BCUT2D eigenvalue weighted by atomic mass is 10.1. The molecule has 3 rings (SSSR count). The molecule has 1 heterocycles. The molecule has 0 saturated heterocycles. The van der Waals surface area contributed by atoms with Gasteiger partial charge in [0.2, 0.25) is 0 Å². The lowest BCUT2D eigenvalue weighted by molar-refractivity contribution is 0.0526. The summed E-state index contributed by atoms with van der Waals surface area (Å²) in [4.78, 5) is 24.4. The summed E-state index contributed by atoms with van der Waals surface area (Å²) in [6.45, 7) is 8.59. The monoisotopic (exact) mass is 391 g/mol. The highest BCUT2D eigenvalue weighted by atomic mass is 16.5. The molecule has 0 aliphatic carbocycles. The van der Waals surface area contributed by atoms with Crippen molar-refractivity contribution in [1.29, 1.82) is 0 Å². The number of aryl methyl sites for hydroxylation is 3. The Balaban J connectivity index is 1.68. The first-order chi connectivity index (χ1) is 13.9. The molecule has 0 fully saturated rings. The highest BCUT2D eigenvalue weighted by molar-refractivity contribution is 6.05. The van der Waals surface area contributed by atoms with Crippen molar-refractivity contribution in [1.82, 2.24) is 9.78 Å². The molecule has 2 aromatic carbocycles. The number of amides is 1. The number of nitrogens with zero attached hydrogens (tertiary/aromatic N) is 2. The molecule has 1 N–H and O–H groups in total. The van der Waals surface area contributed by atoms with Crippen molar-refractivity contribution in [2.75, 3.05) is 11.9 Å². The van der Waals surface area contributed by atoms with Gasteiger partial charge in [0.15, 0.2) is 0 Å². The van der Waals surface area contributed by atoms with Gasteiger partial charge < -0.3 is 10.1 Å². The summed E-state index contributed by atoms with van der Waals surface area (Å²) in [5, 5.41) is 7.36. The van der Waals surface area contributed by atoms with E-state index in [-0.39, 0.29) is 11.9 Å². The van der Waals surface area contributed by atoms with Crippen LogP contribution in [0.4, 0.5) is 5.69 Å². The van der Waals surface area contributed by atoms with Gasteiger partial charge in [-0.25, -0.2) is 4.79 Å². The molecule has 1 amide bonds. The minimum absolute atomic E-state index is 0.199. The highest BCUT2D eigenvalue weighted by Gasteiger charge is 2.12. The van der Waals surface area contributed by atoms with Gasteiger partial charge in [0.1, 0.15) is 0 Å². The molecule has 0 spiro atoms. The van der Waals surface area contributed by atoms with Crippen molar-refractivity contribution in [3.8, 4) is 0 Å². The van der Waals surface area contributed by atoms with Crippen molar-refractivity contribution in [3.05, 3.63) is 82.2 Å². The number of ether oxygens (including phenoxy) is 1. The fraction of sp³-hybridized carbons (Fsp3) is 0.261. The molecular formula is C23H25N3O3. The summed E-state index contributed by atoms with van der Waals surface area (Å²) >= 11 is 0. The normalized spacial score (nSPS) is 10.6. The van der Waals surface area contributed by atoms with Crippen LogP contribution >= 0.6 is 0 Å². The number of aromatic nitrogens is 2. The molecule has 0 atom stereocenters. The number of hydrogen-bond donors (Lipinski definition) is 1. The second-order valence-electron chi connectivity index (χ2n) is 6.99. The first-order valence-corrected chi connectivity index (χ1v) is 9.56. The van der Waals surface area contributed by atoms with E-state index in [2.05, 4.69) is 10.4 Å². The zero-order chi connectivity index (χ0) is 21.0. The minimum Gasteiger partial charge on any atom is -0.462 e. The van der Waals surface area contributed by atoms with Crippen LogP contribution in [0.3, 0.4) is 0 Å². The molecule has 150 valence electrons. The summed E-state index contributed by atoms with van der Waals surface area (Å²) in [5.41, 5.74) is 5.66. The van der Waals surface area contributed by atoms with Crippen LogP contribution in [0, 0.1) is 20.8 Å². The van der Waals surface area contributed by atoms with Crippen molar-refractivity contribution in [2.45, 2.75) is 34.2 Å². The Morgan fingerprint density at radius 3 is 2.28 bits per heavy atom. The van der Waals surface area contributed by atoms with Crippen LogP contribution in [0.15, 0.2) is 48.5 Å². The van der Waals surface area contributed by atoms with Gasteiger partial charge in [-0.15, -0.1) is 0 Å². The molecule has 0 radical (unpaired) electrons. The first kappa shape index (κ1) is 20.3. The van der Waals surface area contributed by atoms with E-state index >= 15 is 0 Å². The van der Waals surface area contributed by atoms with E-state index in [1.54, 1.807) is 37.3 Å². The molecule has 29 heavy (non-hydrogen) atoms. The van der Waals surface area contributed by atoms with Crippen molar-refractivity contribution >= 4 is 17.6 Å². The standard InChI is InChI=1S/C23H25N3O3/c1-5-29-23(28)20-10-11-21(15(2)12-20)24-22(27)19-8-6-18(7-9-19)14-26-17(4)13-16(3)25-26/h6-13H,5,14H2,1-4H3,(H,24,27). The molecule has 0 saturated carbocycles. The van der Waals surface area contributed by atoms with Gasteiger partial charge in [0.25, 0.3) is 5.91 Å². The fourth-order valence-electron chi connectivity index (χ4n) is 3.11. The number of esters is 1. The van der Waals surface area contributed by atoms with Crippen LogP contribution in [0.1, 0.15) is 50.2 Å². The maximum atomic E-state index is 12.6. The number of carbonyl (C=O) groups excluding carboxylic acids is 2. The average molecular weight is 391 g/mol. The summed E-state index contributed by atoms with van der Waals surface area (Å²) in [7, 11) is 0. The third-order valence-corrected chi connectivity index (χ3v) is 4.64. The number of carbonyl (C=O) groups is 2. The minimum atomic E-state index is -0.369. The zero-order valence-electron chi connectivity index (χ0n) is 17.2. The molecule has 3 aromatic rings. The lowest BCUT2D eigenvalue weighted by Crippen LogP contribution is -2.13. The Kier molecular flexibility index (Phi) is 6.12. The predicted molar refractivity (Wildman–Crippen MR) is 112 cm³/mol. The van der Waals surface area contributed by atoms with E-state index in [4.69, 9.17) is 4.74 Å². The van der Waals surface area contributed by atoms with Gasteiger partial charge in [-0.3, -0.25) is 9.48 Å². The average Bonchev–Trinajstić information content (AvgIpc) is 3.01. The Morgan fingerprint density at radius 1 is 1.00 bits per heavy atom. The Hall–Kier alpha value is -3.41. The van der Waals surface area contributed by atoms with E-state index in [0.29, 0.717) is 30.0 Å². The van der Waals surface area contributed by atoms with E-state index in [1.165, 1.54) is 0 Å². The van der Waals surface area contributed by atoms with Gasteiger partial charge in [-0.2, -0.15) is 5.10 Å². The van der Waals surface area contributed by atoms with E-state index in [1.807, 2.05) is 43.7 Å². The predicted octanol–water partition coefficient (Wildman–Crippen LogP) is 4.29. The molecule has 0 bridgehead atoms. The molecular weight excluding hydrogens is 366 g/mol. The van der Waals surface area contributed by atoms with Crippen LogP contribution in [0.2, 0.25) is 0 Å². The Bertz CT molecular complexity index is 1040. The van der Waals surface area contributed by atoms with Crippen molar-refractivity contribution < 1.29 is 14.3 Å². The van der Waals surface area contributed by atoms with E-state index < -0.39 is 0 Å². The highest BCUT2D eigenvalue weighted by Crippen LogP contribution is 2.19. The SMILES string of the molecule is CCOC(=O)c1ccc(NC(=O)c2ccc(Cn3nc(C)cc3C)cc2)c(C)c1. The van der Waals surface area contributed by atoms with Gasteiger partial charge in [-0.1, -0.05) is 12.1 Å². The van der Waals surface area contributed by atoms with Crippen molar-refractivity contribution in [3.63, 3.8) is 0 Å². The molecule has 6 nitrogen and oxygen atoms in total. The quantitative estimate of drug-likeness (QED) is 0.637. The number of nitrogens with one attached hydrogen (secondary N) is 1. The van der Waals surface area contributed by atoms with Crippen LogP contribution in [-0.4, -0.2) is 28.3 Å². The second kappa shape index (κ2) is 8.73. The Labute approximate surface area is 170 Å². The summed E-state index contributed by atoms with van der Waals surface area (Å²) in [6, 6.07) is 14.6. The third kappa shape index (κ3) is 4.90. The van der Waals surface area contributed by atoms with Gasteiger partial charge >= 0.3 is 5.97 Å². The third-order valence-electron chi connectivity index (χ3n) is 4.64. The second-order valence-corrected chi connectivity index (χ2v) is 6.99. The van der Waals surface area contributed by atoms with Crippen LogP contribution in [0.25, 0.3) is 0 Å². The Morgan fingerprint density at radius 2 is 1.69 bits per heavy atom. The number of anilines is 1. The first-order valence-electron chi connectivity index (χ1n) is 9.56. The van der Waals surface area contributed by atoms with E-state index in [9.17, 15) is 9.59 Å². The summed E-state index contributed by atoms with van der Waals surface area (Å²) in [6.07, 6.45) is 0. The van der Waals surface area contributed by atoms with Gasteiger partial charge in [0, 0.05) is 16.9 Å². The van der Waals surface area contributed by atoms with Crippen LogP contribution in [-0.2, 0) is 11.3 Å². The number of benzene rings is 2. The molecule has 6 heteroatoms. The fourth-order valence-corrected chi connectivity index (χ4v) is 3.11. The molecule has 0 aliphatic heterocycles. The molecule has 0 aliphatic rings. The van der Waals surface area contributed by atoms with Crippen molar-refractivity contribution in [2.24, 2.45) is 0 Å². The largest absolute Gasteiger partial charge is 0.462 e. The maximum absolute atomic E-state index is 12.6. The summed E-state index contributed by atoms with van der Waals surface area (Å²) in [5.74, 6) is -0.568. The molecule has 0 unspecified atom stereocenters. The smallest absolute Gasteiger partial charge is 0.338 e. The maximum Gasteiger partial charge on any atom is 0.338 e. The van der Waals surface area contributed by atoms with Gasteiger partial charge in [0.05, 0.1) is 24.4 Å². The lowest BCUT2D eigenvalue weighted by Gasteiger charge is -2.11. The molecule has 1 aromatic heterocycles. The topological polar surface area (TPSA) is 73.2 Å². The van der Waals surface area contributed by atoms with E-state index in [0.717, 1.165) is 22.5 Å². The van der Waals surface area contributed by atoms with Crippen LogP contribution < -0.4 is 5.32 Å². The number of rotatable bonds is 6. The van der Waals surface area contributed by atoms with Crippen LogP contribution in [0.5, 0.6) is 0 Å². The zero-order valence-corrected chi connectivity index (χ0v) is 17.2.